The van der Waals surface area contributed by atoms with Gasteiger partial charge in [0.25, 0.3) is 0 Å². The maximum absolute atomic E-state index is 12.4. The first kappa shape index (κ1) is 12.3. The molecular weight excluding hydrogens is 280 g/mol. The van der Waals surface area contributed by atoms with Gasteiger partial charge in [0.2, 0.25) is 5.91 Å². The lowest BCUT2D eigenvalue weighted by atomic mass is 10.3. The Bertz CT molecular complexity index is 628. The maximum atomic E-state index is 12.4. The Kier molecular flexibility index (Phi) is 3.27. The zero-order valence-electron chi connectivity index (χ0n) is 9.87. The van der Waals surface area contributed by atoms with Crippen LogP contribution in [-0.4, -0.2) is 27.7 Å². The van der Waals surface area contributed by atoms with Crippen molar-refractivity contribution in [3.05, 3.63) is 29.4 Å². The van der Waals surface area contributed by atoms with Gasteiger partial charge in [-0.15, -0.1) is 11.3 Å². The van der Waals surface area contributed by atoms with Crippen molar-refractivity contribution in [3.8, 4) is 6.07 Å². The molecule has 2 aromatic rings. The average molecular weight is 290 g/mol. The van der Waals surface area contributed by atoms with E-state index >= 15 is 0 Å². The number of anilines is 1. The largest absolute Gasteiger partial charge is 0.340 e. The van der Waals surface area contributed by atoms with Crippen LogP contribution in [0.5, 0.6) is 0 Å². The summed E-state index contributed by atoms with van der Waals surface area (Å²) in [5.74, 6) is 0.0559. The van der Waals surface area contributed by atoms with E-state index in [1.54, 1.807) is 23.4 Å². The van der Waals surface area contributed by atoms with Crippen molar-refractivity contribution < 1.29 is 4.79 Å². The number of thioether (sulfide) groups is 1. The Balaban J connectivity index is 1.77. The number of nitriles is 1. The highest BCUT2D eigenvalue weighted by Crippen LogP contribution is 2.35. The molecule has 5 nitrogen and oxygen atoms in total. The predicted molar refractivity (Wildman–Crippen MR) is 74.2 cm³/mol. The molecule has 0 aromatic carbocycles. The summed E-state index contributed by atoms with van der Waals surface area (Å²) < 4.78 is 0. The van der Waals surface area contributed by atoms with Gasteiger partial charge >= 0.3 is 0 Å². The fourth-order valence-electron chi connectivity index (χ4n) is 2.01. The summed E-state index contributed by atoms with van der Waals surface area (Å²) in [6, 6.07) is 3.87. The van der Waals surface area contributed by atoms with E-state index in [2.05, 4.69) is 16.0 Å². The first-order chi connectivity index (χ1) is 9.29. The molecule has 0 saturated carbocycles. The number of hydrogen-bond acceptors (Lipinski definition) is 5. The Morgan fingerprint density at radius 1 is 1.63 bits per heavy atom. The Morgan fingerprint density at radius 2 is 2.53 bits per heavy atom. The van der Waals surface area contributed by atoms with E-state index in [1.807, 2.05) is 5.38 Å². The van der Waals surface area contributed by atoms with Gasteiger partial charge in [0.15, 0.2) is 5.16 Å². The summed E-state index contributed by atoms with van der Waals surface area (Å²) in [4.78, 5) is 21.2. The smallest absolute Gasteiger partial charge is 0.241 e. The minimum Gasteiger partial charge on any atom is -0.340 e. The fourth-order valence-corrected chi connectivity index (χ4v) is 3.87. The number of imidazole rings is 1. The molecule has 0 radical (unpaired) electrons. The van der Waals surface area contributed by atoms with Gasteiger partial charge in [0.05, 0.1) is 10.8 Å². The van der Waals surface area contributed by atoms with Gasteiger partial charge in [-0.3, -0.25) is 4.79 Å². The standard InChI is InChI=1S/C12H10N4OS2/c13-7-8-2-6-18-11(8)16-5-1-9(10(16)17)19-12-14-3-4-15-12/h2-4,6,9H,1,5H2,(H,14,15)/t9-/m1/s1. The number of amides is 1. The number of carbonyl (C=O) groups is 1. The summed E-state index contributed by atoms with van der Waals surface area (Å²) in [6.45, 7) is 0.659. The first-order valence-corrected chi connectivity index (χ1v) is 7.50. The van der Waals surface area contributed by atoms with E-state index < -0.39 is 0 Å². The monoisotopic (exact) mass is 290 g/mol. The van der Waals surface area contributed by atoms with Crippen molar-refractivity contribution in [2.45, 2.75) is 16.8 Å². The van der Waals surface area contributed by atoms with Crippen molar-refractivity contribution in [1.29, 1.82) is 5.26 Å². The number of aromatic amines is 1. The molecule has 0 spiro atoms. The number of H-pyrrole nitrogens is 1. The van der Waals surface area contributed by atoms with Crippen LogP contribution < -0.4 is 4.90 Å². The zero-order valence-corrected chi connectivity index (χ0v) is 11.5. The number of hydrogen-bond donors (Lipinski definition) is 1. The second-order valence-corrected chi connectivity index (χ2v) is 6.12. The van der Waals surface area contributed by atoms with Gasteiger partial charge in [-0.1, -0.05) is 11.8 Å². The normalized spacial score (nSPS) is 18.8. The minimum absolute atomic E-state index is 0.0559. The number of nitrogens with zero attached hydrogens (tertiary/aromatic N) is 3. The molecule has 0 bridgehead atoms. The van der Waals surface area contributed by atoms with Crippen molar-refractivity contribution in [2.75, 3.05) is 11.4 Å². The molecule has 2 aromatic heterocycles. The Morgan fingerprint density at radius 3 is 3.26 bits per heavy atom. The van der Waals surface area contributed by atoms with Crippen molar-refractivity contribution in [2.24, 2.45) is 0 Å². The molecule has 7 heteroatoms. The van der Waals surface area contributed by atoms with Crippen LogP contribution in [0.3, 0.4) is 0 Å². The molecule has 1 N–H and O–H groups in total. The Labute approximate surface area is 118 Å². The minimum atomic E-state index is -0.125. The molecule has 1 atom stereocenters. The summed E-state index contributed by atoms with van der Waals surface area (Å²) in [5.41, 5.74) is 0.571. The molecular formula is C12H10N4OS2. The molecule has 0 aliphatic carbocycles. The average Bonchev–Trinajstić information content (AvgIpc) is 3.12. The van der Waals surface area contributed by atoms with Gasteiger partial charge < -0.3 is 9.88 Å². The van der Waals surface area contributed by atoms with Crippen molar-refractivity contribution >= 4 is 34.0 Å². The van der Waals surface area contributed by atoms with Crippen molar-refractivity contribution in [1.82, 2.24) is 9.97 Å². The third-order valence-corrected chi connectivity index (χ3v) is 5.00. The van der Waals surface area contributed by atoms with Crippen LogP contribution in [0.15, 0.2) is 29.0 Å². The molecule has 1 saturated heterocycles. The van der Waals surface area contributed by atoms with E-state index in [4.69, 9.17) is 5.26 Å². The quantitative estimate of drug-likeness (QED) is 0.941. The van der Waals surface area contributed by atoms with Gasteiger partial charge in [0, 0.05) is 18.9 Å². The van der Waals surface area contributed by atoms with E-state index in [0.717, 1.165) is 16.6 Å². The fraction of sp³-hybridized carbons (Fsp3) is 0.250. The molecule has 1 amide bonds. The molecule has 96 valence electrons. The molecule has 19 heavy (non-hydrogen) atoms. The SMILES string of the molecule is N#Cc1ccsc1N1CC[C@@H](Sc2ncc[nH]2)C1=O. The number of rotatable bonds is 3. The van der Waals surface area contributed by atoms with Crippen LogP contribution in [0.1, 0.15) is 12.0 Å². The number of thiophene rings is 1. The van der Waals surface area contributed by atoms with E-state index in [9.17, 15) is 4.79 Å². The molecule has 1 fully saturated rings. The van der Waals surface area contributed by atoms with E-state index in [0.29, 0.717) is 12.1 Å². The number of nitrogens with one attached hydrogen (secondary N) is 1. The van der Waals surface area contributed by atoms with Crippen LogP contribution in [0.2, 0.25) is 0 Å². The van der Waals surface area contributed by atoms with Gasteiger partial charge in [-0.25, -0.2) is 4.98 Å². The van der Waals surface area contributed by atoms with Gasteiger partial charge in [0.1, 0.15) is 11.1 Å². The number of aromatic nitrogens is 2. The Hall–Kier alpha value is -1.78. The molecule has 1 aliphatic heterocycles. The van der Waals surface area contributed by atoms with Crippen molar-refractivity contribution in [3.63, 3.8) is 0 Å². The van der Waals surface area contributed by atoms with Crippen LogP contribution >= 0.6 is 23.1 Å². The number of carbonyl (C=O) groups excluding carboxylic acids is 1. The lowest BCUT2D eigenvalue weighted by Crippen LogP contribution is -2.27. The van der Waals surface area contributed by atoms with Gasteiger partial charge in [-0.2, -0.15) is 5.26 Å². The predicted octanol–water partition coefficient (Wildman–Crippen LogP) is 2.24. The highest BCUT2D eigenvalue weighted by molar-refractivity contribution is 8.00. The topological polar surface area (TPSA) is 72.8 Å². The third-order valence-electron chi connectivity index (χ3n) is 2.89. The highest BCUT2D eigenvalue weighted by Gasteiger charge is 2.35. The van der Waals surface area contributed by atoms with E-state index in [-0.39, 0.29) is 11.2 Å². The van der Waals surface area contributed by atoms with Gasteiger partial charge in [-0.05, 0) is 17.9 Å². The summed E-state index contributed by atoms with van der Waals surface area (Å²) >= 11 is 2.88. The molecule has 0 unspecified atom stereocenters. The van der Waals surface area contributed by atoms with Crippen LogP contribution in [0.25, 0.3) is 0 Å². The zero-order chi connectivity index (χ0) is 13.2. The second kappa shape index (κ2) is 5.07. The second-order valence-electron chi connectivity index (χ2n) is 4.03. The highest BCUT2D eigenvalue weighted by atomic mass is 32.2. The van der Waals surface area contributed by atoms with Crippen LogP contribution in [0, 0.1) is 11.3 Å². The third kappa shape index (κ3) is 2.25. The lowest BCUT2D eigenvalue weighted by molar-refractivity contribution is -0.116. The van der Waals surface area contributed by atoms with Crippen LogP contribution in [0.4, 0.5) is 5.00 Å². The van der Waals surface area contributed by atoms with E-state index in [1.165, 1.54) is 23.1 Å². The maximum Gasteiger partial charge on any atom is 0.241 e. The summed E-state index contributed by atoms with van der Waals surface area (Å²) in [6.07, 6.45) is 4.19. The molecule has 1 aliphatic rings. The van der Waals surface area contributed by atoms with Crippen LogP contribution in [-0.2, 0) is 4.79 Å². The molecule has 3 heterocycles. The molecule has 3 rings (SSSR count). The summed E-state index contributed by atoms with van der Waals surface area (Å²) in [7, 11) is 0. The first-order valence-electron chi connectivity index (χ1n) is 5.74. The lowest BCUT2D eigenvalue weighted by Gasteiger charge is -2.14. The summed E-state index contributed by atoms with van der Waals surface area (Å²) in [5, 5.41) is 12.3.